The van der Waals surface area contributed by atoms with Gasteiger partial charge in [0.05, 0.1) is 4.88 Å². The predicted molar refractivity (Wildman–Crippen MR) is 96.1 cm³/mol. The third kappa shape index (κ3) is 3.43. The first-order chi connectivity index (χ1) is 11.5. The van der Waals surface area contributed by atoms with Crippen LogP contribution in [0.25, 0.3) is 10.6 Å². The van der Waals surface area contributed by atoms with Gasteiger partial charge in [0.2, 0.25) is 5.91 Å². The quantitative estimate of drug-likeness (QED) is 0.926. The number of carbonyl (C=O) groups excluding carboxylic acids is 1. The predicted octanol–water partition coefficient (Wildman–Crippen LogP) is 3.16. The fraction of sp³-hybridized carbons (Fsp3) is 0.500. The van der Waals surface area contributed by atoms with Crippen LogP contribution in [0.3, 0.4) is 0 Å². The van der Waals surface area contributed by atoms with Crippen LogP contribution in [0, 0.1) is 0 Å². The average Bonchev–Trinajstić information content (AvgIpc) is 3.10. The first-order valence-electron chi connectivity index (χ1n) is 8.44. The van der Waals surface area contributed by atoms with Crippen molar-refractivity contribution in [1.82, 2.24) is 15.1 Å². The Labute approximate surface area is 145 Å². The van der Waals surface area contributed by atoms with Crippen LogP contribution in [0.5, 0.6) is 0 Å². The van der Waals surface area contributed by atoms with Crippen molar-refractivity contribution in [3.8, 4) is 10.6 Å². The van der Waals surface area contributed by atoms with E-state index in [1.807, 2.05) is 17.5 Å². The van der Waals surface area contributed by atoms with E-state index in [4.69, 9.17) is 0 Å². The summed E-state index contributed by atoms with van der Waals surface area (Å²) in [5, 5.41) is 9.52. The second kappa shape index (κ2) is 6.89. The molecule has 5 nitrogen and oxygen atoms in total. The van der Waals surface area contributed by atoms with Crippen molar-refractivity contribution in [2.45, 2.75) is 57.5 Å². The smallest absolute Gasteiger partial charge is 0.267 e. The van der Waals surface area contributed by atoms with Gasteiger partial charge < -0.3 is 5.32 Å². The van der Waals surface area contributed by atoms with Crippen molar-refractivity contribution < 1.29 is 4.79 Å². The summed E-state index contributed by atoms with van der Waals surface area (Å²) in [5.74, 6) is -0.146. The number of hydrogen-bond donors (Lipinski definition) is 1. The Morgan fingerprint density at radius 1 is 1.25 bits per heavy atom. The zero-order valence-electron chi connectivity index (χ0n) is 14.1. The van der Waals surface area contributed by atoms with E-state index >= 15 is 0 Å². The Kier molecular flexibility index (Phi) is 4.85. The number of carbonyl (C=O) groups is 1. The van der Waals surface area contributed by atoms with Gasteiger partial charge in [-0.25, -0.2) is 4.68 Å². The van der Waals surface area contributed by atoms with E-state index in [0.29, 0.717) is 5.69 Å². The van der Waals surface area contributed by atoms with Crippen molar-refractivity contribution in [1.29, 1.82) is 0 Å². The maximum Gasteiger partial charge on any atom is 0.267 e. The number of nitrogens with zero attached hydrogens (tertiary/aromatic N) is 2. The lowest BCUT2D eigenvalue weighted by Gasteiger charge is -2.30. The molecule has 128 valence electrons. The molecule has 1 aliphatic rings. The number of amides is 1. The second-order valence-corrected chi connectivity index (χ2v) is 7.76. The van der Waals surface area contributed by atoms with Crippen LogP contribution < -0.4 is 10.9 Å². The molecule has 1 N–H and O–H groups in total. The summed E-state index contributed by atoms with van der Waals surface area (Å²) in [6.07, 6.45) is 5.56. The summed E-state index contributed by atoms with van der Waals surface area (Å²) in [4.78, 5) is 26.1. The van der Waals surface area contributed by atoms with Gasteiger partial charge in [-0.1, -0.05) is 25.3 Å². The Morgan fingerprint density at radius 2 is 2.00 bits per heavy atom. The average molecular weight is 345 g/mol. The molecule has 2 aromatic rings. The van der Waals surface area contributed by atoms with Crippen LogP contribution in [0.2, 0.25) is 0 Å². The topological polar surface area (TPSA) is 64.0 Å². The monoisotopic (exact) mass is 345 g/mol. The van der Waals surface area contributed by atoms with Gasteiger partial charge in [-0.3, -0.25) is 9.59 Å². The maximum atomic E-state index is 12.8. The molecule has 1 aliphatic carbocycles. The minimum absolute atomic E-state index is 0.146. The summed E-state index contributed by atoms with van der Waals surface area (Å²) in [6.45, 7) is 3.50. The molecule has 0 aliphatic heterocycles. The van der Waals surface area contributed by atoms with Gasteiger partial charge in [0.25, 0.3) is 5.56 Å². The van der Waals surface area contributed by atoms with Gasteiger partial charge in [-0.15, -0.1) is 11.3 Å². The van der Waals surface area contributed by atoms with Crippen molar-refractivity contribution in [2.24, 2.45) is 0 Å². The van der Waals surface area contributed by atoms with Gasteiger partial charge >= 0.3 is 0 Å². The summed E-state index contributed by atoms with van der Waals surface area (Å²) in [5.41, 5.74) is -0.579. The molecule has 3 rings (SSSR count). The number of aromatic nitrogens is 2. The molecule has 0 atom stereocenters. The fourth-order valence-electron chi connectivity index (χ4n) is 3.07. The number of thiophene rings is 1. The van der Waals surface area contributed by atoms with Crippen LogP contribution in [0.15, 0.2) is 34.4 Å². The number of hydrogen-bond acceptors (Lipinski definition) is 4. The lowest BCUT2D eigenvalue weighted by atomic mass is 9.94. The van der Waals surface area contributed by atoms with Gasteiger partial charge in [-0.05, 0) is 44.2 Å². The van der Waals surface area contributed by atoms with Gasteiger partial charge in [-0.2, -0.15) is 5.10 Å². The lowest BCUT2D eigenvalue weighted by molar-refractivity contribution is -0.130. The highest BCUT2D eigenvalue weighted by molar-refractivity contribution is 7.13. The van der Waals surface area contributed by atoms with E-state index in [0.717, 1.165) is 30.6 Å². The van der Waals surface area contributed by atoms with Crippen LogP contribution in [-0.4, -0.2) is 21.7 Å². The van der Waals surface area contributed by atoms with E-state index in [1.165, 1.54) is 17.2 Å². The maximum absolute atomic E-state index is 12.8. The summed E-state index contributed by atoms with van der Waals surface area (Å²) >= 11 is 1.56. The van der Waals surface area contributed by atoms with E-state index in [-0.39, 0.29) is 17.5 Å². The normalized spacial score (nSPS) is 16.1. The van der Waals surface area contributed by atoms with Gasteiger partial charge in [0, 0.05) is 12.1 Å². The minimum Gasteiger partial charge on any atom is -0.351 e. The molecule has 0 unspecified atom stereocenters. The Bertz CT molecular complexity index is 759. The van der Waals surface area contributed by atoms with Gasteiger partial charge in [0.15, 0.2) is 0 Å². The van der Waals surface area contributed by atoms with E-state index in [1.54, 1.807) is 31.3 Å². The first-order valence-corrected chi connectivity index (χ1v) is 9.32. The molecular weight excluding hydrogens is 322 g/mol. The van der Waals surface area contributed by atoms with E-state index in [9.17, 15) is 9.59 Å². The Hall–Kier alpha value is -1.95. The molecular formula is C18H23N3O2S. The highest BCUT2D eigenvalue weighted by atomic mass is 32.1. The fourth-order valence-corrected chi connectivity index (χ4v) is 3.76. The highest BCUT2D eigenvalue weighted by Crippen LogP contribution is 2.23. The molecule has 0 saturated heterocycles. The van der Waals surface area contributed by atoms with Crippen molar-refractivity contribution in [2.75, 3.05) is 0 Å². The third-order valence-corrected chi connectivity index (χ3v) is 5.49. The standard InChI is InChI=1S/C18H23N3O2S/c1-18(2,17(23)19-13-7-4-3-5-8-13)21-16(22)11-10-14(20-21)15-9-6-12-24-15/h6,9-13H,3-5,7-8H2,1-2H3,(H,19,23). The zero-order valence-corrected chi connectivity index (χ0v) is 14.9. The number of nitrogens with one attached hydrogen (secondary N) is 1. The van der Waals surface area contributed by atoms with Crippen molar-refractivity contribution in [3.05, 3.63) is 40.0 Å². The molecule has 1 saturated carbocycles. The highest BCUT2D eigenvalue weighted by Gasteiger charge is 2.33. The van der Waals surface area contributed by atoms with Crippen LogP contribution in [-0.2, 0) is 10.3 Å². The minimum atomic E-state index is -1.03. The number of rotatable bonds is 4. The van der Waals surface area contributed by atoms with E-state index in [2.05, 4.69) is 10.4 Å². The van der Waals surface area contributed by atoms with Gasteiger partial charge in [0.1, 0.15) is 11.2 Å². The molecule has 2 heterocycles. The summed E-state index contributed by atoms with van der Waals surface area (Å²) in [6, 6.07) is 7.30. The summed E-state index contributed by atoms with van der Waals surface area (Å²) in [7, 11) is 0. The van der Waals surface area contributed by atoms with E-state index < -0.39 is 5.54 Å². The zero-order chi connectivity index (χ0) is 17.2. The summed E-state index contributed by atoms with van der Waals surface area (Å²) < 4.78 is 1.31. The van der Waals surface area contributed by atoms with Crippen LogP contribution >= 0.6 is 11.3 Å². The molecule has 6 heteroatoms. The lowest BCUT2D eigenvalue weighted by Crippen LogP contribution is -2.52. The van der Waals surface area contributed by atoms with Crippen LogP contribution in [0.1, 0.15) is 46.0 Å². The van der Waals surface area contributed by atoms with Crippen molar-refractivity contribution >= 4 is 17.2 Å². The molecule has 1 amide bonds. The molecule has 0 aromatic carbocycles. The Balaban J connectivity index is 1.86. The molecule has 1 fully saturated rings. The SMILES string of the molecule is CC(C)(C(=O)NC1CCCCC1)n1nc(-c2cccs2)ccc1=O. The largest absolute Gasteiger partial charge is 0.351 e. The third-order valence-electron chi connectivity index (χ3n) is 4.60. The first kappa shape index (κ1) is 16.9. The molecule has 0 radical (unpaired) electrons. The van der Waals surface area contributed by atoms with Crippen molar-refractivity contribution in [3.63, 3.8) is 0 Å². The second-order valence-electron chi connectivity index (χ2n) is 6.81. The Morgan fingerprint density at radius 3 is 2.67 bits per heavy atom. The van der Waals surface area contributed by atoms with Crippen LogP contribution in [0.4, 0.5) is 0 Å². The molecule has 0 spiro atoms. The molecule has 0 bridgehead atoms. The molecule has 2 aromatic heterocycles. The molecule has 24 heavy (non-hydrogen) atoms.